The van der Waals surface area contributed by atoms with E-state index in [1.165, 1.54) is 25.8 Å². The van der Waals surface area contributed by atoms with Crippen molar-refractivity contribution in [2.24, 2.45) is 0 Å². The Hall–Kier alpha value is -0.0800. The molecule has 1 unspecified atom stereocenters. The Balaban J connectivity index is 2.30. The average molecular weight is 129 g/mol. The van der Waals surface area contributed by atoms with Crippen LogP contribution >= 0.6 is 0 Å². The van der Waals surface area contributed by atoms with E-state index in [1.54, 1.807) is 7.11 Å². The first kappa shape index (κ1) is 7.03. The van der Waals surface area contributed by atoms with Crippen LogP contribution in [0.2, 0.25) is 0 Å². The molecule has 0 aromatic heterocycles. The van der Waals surface area contributed by atoms with Crippen LogP contribution in [0.4, 0.5) is 0 Å². The molecule has 9 heavy (non-hydrogen) atoms. The highest BCUT2D eigenvalue weighted by molar-refractivity contribution is 4.64. The van der Waals surface area contributed by atoms with Crippen LogP contribution in [0, 0.1) is 0 Å². The summed E-state index contributed by atoms with van der Waals surface area (Å²) in [4.78, 5) is 2.27. The Labute approximate surface area is 56.8 Å². The SMILES string of the molecule is COC1CCCCN1C. The topological polar surface area (TPSA) is 12.5 Å². The quantitative estimate of drug-likeness (QED) is 0.525. The van der Waals surface area contributed by atoms with Gasteiger partial charge in [0.2, 0.25) is 0 Å². The molecule has 0 aromatic rings. The predicted octanol–water partition coefficient (Wildman–Crippen LogP) is 1.07. The zero-order chi connectivity index (χ0) is 6.69. The van der Waals surface area contributed by atoms with Crippen molar-refractivity contribution in [2.45, 2.75) is 25.5 Å². The number of hydrogen-bond acceptors (Lipinski definition) is 2. The first-order valence-corrected chi connectivity index (χ1v) is 3.57. The molecule has 2 heteroatoms. The van der Waals surface area contributed by atoms with E-state index in [2.05, 4.69) is 11.9 Å². The van der Waals surface area contributed by atoms with Gasteiger partial charge in [-0.25, -0.2) is 0 Å². The van der Waals surface area contributed by atoms with Gasteiger partial charge in [0, 0.05) is 13.7 Å². The molecule has 0 aromatic carbocycles. The molecule has 0 saturated carbocycles. The summed E-state index contributed by atoms with van der Waals surface area (Å²) in [6.45, 7) is 1.19. The second-order valence-electron chi connectivity index (χ2n) is 2.67. The molecule has 1 aliphatic heterocycles. The minimum Gasteiger partial charge on any atom is -0.366 e. The normalized spacial score (nSPS) is 30.7. The van der Waals surface area contributed by atoms with Gasteiger partial charge in [-0.3, -0.25) is 4.90 Å². The van der Waals surface area contributed by atoms with Crippen LogP contribution in [-0.2, 0) is 4.74 Å². The monoisotopic (exact) mass is 129 g/mol. The van der Waals surface area contributed by atoms with Gasteiger partial charge in [-0.1, -0.05) is 0 Å². The molecule has 0 amide bonds. The first-order valence-electron chi connectivity index (χ1n) is 3.57. The second-order valence-corrected chi connectivity index (χ2v) is 2.67. The average Bonchev–Trinajstić information content (AvgIpc) is 1.89. The molecule has 1 saturated heterocycles. The summed E-state index contributed by atoms with van der Waals surface area (Å²) in [6.07, 6.45) is 4.24. The Bertz CT molecular complexity index is 85.0. The lowest BCUT2D eigenvalue weighted by Crippen LogP contribution is -2.37. The molecule has 1 aliphatic rings. The molecule has 0 bridgehead atoms. The van der Waals surface area contributed by atoms with E-state index < -0.39 is 0 Å². The van der Waals surface area contributed by atoms with Crippen molar-refractivity contribution >= 4 is 0 Å². The van der Waals surface area contributed by atoms with Gasteiger partial charge in [0.15, 0.2) is 0 Å². The molecule has 2 nitrogen and oxygen atoms in total. The number of methoxy groups -OCH3 is 1. The van der Waals surface area contributed by atoms with Crippen LogP contribution in [0.3, 0.4) is 0 Å². The fourth-order valence-electron chi connectivity index (χ4n) is 1.34. The predicted molar refractivity (Wildman–Crippen MR) is 37.3 cm³/mol. The molecular weight excluding hydrogens is 114 g/mol. The van der Waals surface area contributed by atoms with Gasteiger partial charge in [0.1, 0.15) is 6.23 Å². The molecule has 1 rings (SSSR count). The third-order valence-corrected chi connectivity index (χ3v) is 1.98. The number of nitrogens with zero attached hydrogens (tertiary/aromatic N) is 1. The number of ether oxygens (including phenoxy) is 1. The Morgan fingerprint density at radius 3 is 2.67 bits per heavy atom. The number of hydrogen-bond donors (Lipinski definition) is 0. The van der Waals surface area contributed by atoms with Crippen molar-refractivity contribution in [3.8, 4) is 0 Å². The van der Waals surface area contributed by atoms with Crippen LogP contribution in [0.15, 0.2) is 0 Å². The molecule has 1 fully saturated rings. The summed E-state index contributed by atoms with van der Waals surface area (Å²) < 4.78 is 5.23. The van der Waals surface area contributed by atoms with E-state index in [0.29, 0.717) is 6.23 Å². The highest BCUT2D eigenvalue weighted by Crippen LogP contribution is 2.14. The van der Waals surface area contributed by atoms with Gasteiger partial charge in [-0.15, -0.1) is 0 Å². The Morgan fingerprint density at radius 2 is 2.22 bits per heavy atom. The largest absolute Gasteiger partial charge is 0.366 e. The second kappa shape index (κ2) is 3.18. The minimum atomic E-state index is 0.388. The summed E-state index contributed by atoms with van der Waals surface area (Å²) in [5, 5.41) is 0. The molecule has 1 heterocycles. The van der Waals surface area contributed by atoms with E-state index in [9.17, 15) is 0 Å². The van der Waals surface area contributed by atoms with Crippen LogP contribution in [0.1, 0.15) is 19.3 Å². The minimum absolute atomic E-state index is 0.388. The lowest BCUT2D eigenvalue weighted by atomic mass is 10.1. The standard InChI is InChI=1S/C7H15NO/c1-8-6-4-3-5-7(8)9-2/h7H,3-6H2,1-2H3. The summed E-state index contributed by atoms with van der Waals surface area (Å²) in [5.41, 5.74) is 0. The zero-order valence-corrected chi connectivity index (χ0v) is 6.26. The summed E-state index contributed by atoms with van der Waals surface area (Å²) in [7, 11) is 3.90. The lowest BCUT2D eigenvalue weighted by molar-refractivity contribution is -0.0406. The van der Waals surface area contributed by atoms with Gasteiger partial charge in [0.05, 0.1) is 0 Å². The Morgan fingerprint density at radius 1 is 1.44 bits per heavy atom. The van der Waals surface area contributed by atoms with Gasteiger partial charge < -0.3 is 4.74 Å². The molecular formula is C7H15NO. The molecule has 0 radical (unpaired) electrons. The maximum atomic E-state index is 5.23. The molecule has 0 aliphatic carbocycles. The maximum absolute atomic E-state index is 5.23. The van der Waals surface area contributed by atoms with E-state index in [0.717, 1.165) is 0 Å². The van der Waals surface area contributed by atoms with Crippen LogP contribution in [-0.4, -0.2) is 31.8 Å². The van der Waals surface area contributed by atoms with Crippen molar-refractivity contribution in [1.29, 1.82) is 0 Å². The van der Waals surface area contributed by atoms with E-state index in [-0.39, 0.29) is 0 Å². The lowest BCUT2D eigenvalue weighted by Gasteiger charge is -2.30. The summed E-state index contributed by atoms with van der Waals surface area (Å²) in [5.74, 6) is 0. The van der Waals surface area contributed by atoms with Crippen LogP contribution in [0.5, 0.6) is 0 Å². The highest BCUT2D eigenvalue weighted by Gasteiger charge is 2.16. The smallest absolute Gasteiger partial charge is 0.109 e. The highest BCUT2D eigenvalue weighted by atomic mass is 16.5. The first-order chi connectivity index (χ1) is 4.34. The van der Waals surface area contributed by atoms with Gasteiger partial charge in [0.25, 0.3) is 0 Å². The van der Waals surface area contributed by atoms with E-state index >= 15 is 0 Å². The summed E-state index contributed by atoms with van der Waals surface area (Å²) >= 11 is 0. The van der Waals surface area contributed by atoms with E-state index in [4.69, 9.17) is 4.74 Å². The third-order valence-electron chi connectivity index (χ3n) is 1.98. The fourth-order valence-corrected chi connectivity index (χ4v) is 1.34. The van der Waals surface area contributed by atoms with Gasteiger partial charge in [-0.05, 0) is 26.3 Å². The van der Waals surface area contributed by atoms with Crippen molar-refractivity contribution in [3.63, 3.8) is 0 Å². The molecule has 0 N–H and O–H groups in total. The van der Waals surface area contributed by atoms with Crippen LogP contribution < -0.4 is 0 Å². The van der Waals surface area contributed by atoms with Crippen molar-refractivity contribution in [1.82, 2.24) is 4.90 Å². The van der Waals surface area contributed by atoms with Crippen molar-refractivity contribution < 1.29 is 4.74 Å². The number of rotatable bonds is 1. The van der Waals surface area contributed by atoms with Gasteiger partial charge >= 0.3 is 0 Å². The third kappa shape index (κ3) is 1.66. The van der Waals surface area contributed by atoms with Crippen LogP contribution in [0.25, 0.3) is 0 Å². The Kier molecular flexibility index (Phi) is 2.49. The fraction of sp³-hybridized carbons (Fsp3) is 1.00. The maximum Gasteiger partial charge on any atom is 0.109 e. The van der Waals surface area contributed by atoms with Crippen molar-refractivity contribution in [3.05, 3.63) is 0 Å². The molecule has 54 valence electrons. The van der Waals surface area contributed by atoms with E-state index in [1.807, 2.05) is 0 Å². The number of piperidine rings is 1. The van der Waals surface area contributed by atoms with Crippen molar-refractivity contribution in [2.75, 3.05) is 20.7 Å². The van der Waals surface area contributed by atoms with Gasteiger partial charge in [-0.2, -0.15) is 0 Å². The summed E-state index contributed by atoms with van der Waals surface area (Å²) in [6, 6.07) is 0. The zero-order valence-electron chi connectivity index (χ0n) is 6.26. The molecule has 1 atom stereocenters. The molecule has 0 spiro atoms. The number of likely N-dealkylation sites (tertiary alicyclic amines) is 1.